The molecule has 1 aromatic carbocycles. The van der Waals surface area contributed by atoms with Crippen LogP contribution in [0.1, 0.15) is 10.4 Å². The lowest BCUT2D eigenvalue weighted by molar-refractivity contribution is 0.0596. The summed E-state index contributed by atoms with van der Waals surface area (Å²) in [6.07, 6.45) is 0. The largest absolute Gasteiger partial charge is 0.465 e. The number of carbonyl (C=O) groups is 1. The number of rotatable bonds is 3. The lowest BCUT2D eigenvalue weighted by Gasteiger charge is -2.31. The van der Waals surface area contributed by atoms with Gasteiger partial charge in [-0.1, -0.05) is 12.1 Å². The standard InChI is InChI=1S/C13H18N2O4S/c1-14-7-9-15(10-8-14)20(17,18)12-6-4-3-5-11(12)13(16)19-2/h3-6H,7-10H2,1-2H3. The van der Waals surface area contributed by atoms with Crippen LogP contribution >= 0.6 is 0 Å². The first-order valence-electron chi connectivity index (χ1n) is 6.33. The van der Waals surface area contributed by atoms with Crippen LogP contribution in [-0.2, 0) is 14.8 Å². The Kier molecular flexibility index (Phi) is 4.42. The summed E-state index contributed by atoms with van der Waals surface area (Å²) in [7, 11) is -0.477. The number of hydrogen-bond donors (Lipinski definition) is 0. The first kappa shape index (κ1) is 15.0. The number of benzene rings is 1. The second-order valence-corrected chi connectivity index (χ2v) is 6.60. The molecule has 0 N–H and O–H groups in total. The van der Waals surface area contributed by atoms with Crippen molar-refractivity contribution in [2.75, 3.05) is 40.3 Å². The van der Waals surface area contributed by atoms with Crippen molar-refractivity contribution in [3.8, 4) is 0 Å². The Balaban J connectivity index is 2.37. The normalized spacial score (nSPS) is 17.9. The molecule has 0 saturated carbocycles. The van der Waals surface area contributed by atoms with Gasteiger partial charge in [0.1, 0.15) is 0 Å². The van der Waals surface area contributed by atoms with Crippen LogP contribution in [-0.4, -0.2) is 63.9 Å². The number of nitrogens with zero attached hydrogens (tertiary/aromatic N) is 2. The first-order valence-corrected chi connectivity index (χ1v) is 7.77. The van der Waals surface area contributed by atoms with E-state index in [1.54, 1.807) is 12.1 Å². The summed E-state index contributed by atoms with van der Waals surface area (Å²) in [4.78, 5) is 13.8. The molecular formula is C13H18N2O4S. The minimum atomic E-state index is -3.67. The molecule has 0 atom stereocenters. The van der Waals surface area contributed by atoms with Crippen molar-refractivity contribution in [1.82, 2.24) is 9.21 Å². The van der Waals surface area contributed by atoms with Crippen LogP contribution in [0.4, 0.5) is 0 Å². The smallest absolute Gasteiger partial charge is 0.339 e. The maximum absolute atomic E-state index is 12.6. The maximum Gasteiger partial charge on any atom is 0.339 e. The van der Waals surface area contributed by atoms with E-state index in [9.17, 15) is 13.2 Å². The van der Waals surface area contributed by atoms with Gasteiger partial charge in [-0.25, -0.2) is 13.2 Å². The molecule has 6 nitrogen and oxygen atoms in total. The molecule has 1 saturated heterocycles. The highest BCUT2D eigenvalue weighted by molar-refractivity contribution is 7.89. The zero-order valence-corrected chi connectivity index (χ0v) is 12.4. The maximum atomic E-state index is 12.6. The number of ether oxygens (including phenoxy) is 1. The molecule has 110 valence electrons. The third-order valence-corrected chi connectivity index (χ3v) is 5.33. The number of methoxy groups -OCH3 is 1. The highest BCUT2D eigenvalue weighted by atomic mass is 32.2. The molecule has 0 radical (unpaired) electrons. The van der Waals surface area contributed by atoms with Crippen molar-refractivity contribution in [1.29, 1.82) is 0 Å². The van der Waals surface area contributed by atoms with Crippen LogP contribution in [0.2, 0.25) is 0 Å². The Labute approximate surface area is 119 Å². The average molecular weight is 298 g/mol. The predicted molar refractivity (Wildman–Crippen MR) is 74.0 cm³/mol. The number of esters is 1. The van der Waals surface area contributed by atoms with E-state index in [0.717, 1.165) is 0 Å². The predicted octanol–water partition coefficient (Wildman–Crippen LogP) is 0.409. The Hall–Kier alpha value is -1.44. The van der Waals surface area contributed by atoms with E-state index in [1.165, 1.54) is 23.5 Å². The van der Waals surface area contributed by atoms with Gasteiger partial charge >= 0.3 is 5.97 Å². The van der Waals surface area contributed by atoms with Gasteiger partial charge in [0.25, 0.3) is 0 Å². The fourth-order valence-corrected chi connectivity index (χ4v) is 3.74. The molecule has 0 amide bonds. The van der Waals surface area contributed by atoms with Gasteiger partial charge < -0.3 is 9.64 Å². The average Bonchev–Trinajstić information content (AvgIpc) is 2.47. The fourth-order valence-electron chi connectivity index (χ4n) is 2.14. The molecular weight excluding hydrogens is 280 g/mol. The van der Waals surface area contributed by atoms with E-state index < -0.39 is 16.0 Å². The van der Waals surface area contributed by atoms with Crippen LogP contribution in [0.3, 0.4) is 0 Å². The minimum Gasteiger partial charge on any atom is -0.465 e. The Morgan fingerprint density at radius 3 is 2.35 bits per heavy atom. The third kappa shape index (κ3) is 2.84. The summed E-state index contributed by atoms with van der Waals surface area (Å²) in [6.45, 7) is 2.21. The van der Waals surface area contributed by atoms with Gasteiger partial charge in [-0.15, -0.1) is 0 Å². The van der Waals surface area contributed by atoms with Crippen molar-refractivity contribution >= 4 is 16.0 Å². The zero-order valence-electron chi connectivity index (χ0n) is 11.6. The van der Waals surface area contributed by atoms with Crippen molar-refractivity contribution in [2.24, 2.45) is 0 Å². The minimum absolute atomic E-state index is 0.0106. The number of sulfonamides is 1. The van der Waals surface area contributed by atoms with Gasteiger partial charge in [0.15, 0.2) is 0 Å². The van der Waals surface area contributed by atoms with Crippen LogP contribution in [0.5, 0.6) is 0 Å². The number of carbonyl (C=O) groups excluding carboxylic acids is 1. The molecule has 1 aliphatic heterocycles. The van der Waals surface area contributed by atoms with Crippen molar-refractivity contribution in [3.63, 3.8) is 0 Å². The lowest BCUT2D eigenvalue weighted by atomic mass is 10.2. The summed E-state index contributed by atoms with van der Waals surface area (Å²) in [5, 5.41) is 0. The molecule has 0 unspecified atom stereocenters. The van der Waals surface area contributed by atoms with Gasteiger partial charge in [-0.3, -0.25) is 0 Å². The van der Waals surface area contributed by atoms with Gasteiger partial charge in [0.2, 0.25) is 10.0 Å². The van der Waals surface area contributed by atoms with Crippen LogP contribution in [0.25, 0.3) is 0 Å². The Bertz CT molecular complexity index is 592. The van der Waals surface area contributed by atoms with E-state index in [2.05, 4.69) is 9.64 Å². The number of likely N-dealkylation sites (N-methyl/N-ethyl adjacent to an activating group) is 1. The molecule has 0 aromatic heterocycles. The summed E-state index contributed by atoms with van der Waals surface area (Å²) < 4.78 is 31.3. The second kappa shape index (κ2) is 5.90. The molecule has 1 heterocycles. The summed E-state index contributed by atoms with van der Waals surface area (Å²) >= 11 is 0. The number of piperazine rings is 1. The molecule has 20 heavy (non-hydrogen) atoms. The van der Waals surface area contributed by atoms with Crippen molar-refractivity contribution in [3.05, 3.63) is 29.8 Å². The van der Waals surface area contributed by atoms with Gasteiger partial charge in [0, 0.05) is 26.2 Å². The Morgan fingerprint density at radius 1 is 1.15 bits per heavy atom. The quantitative estimate of drug-likeness (QED) is 0.756. The van der Waals surface area contributed by atoms with Crippen molar-refractivity contribution < 1.29 is 17.9 Å². The highest BCUT2D eigenvalue weighted by Gasteiger charge is 2.30. The molecule has 0 spiro atoms. The van der Waals surface area contributed by atoms with E-state index in [-0.39, 0.29) is 10.5 Å². The van der Waals surface area contributed by atoms with Crippen molar-refractivity contribution in [2.45, 2.75) is 4.90 Å². The zero-order chi connectivity index (χ0) is 14.8. The molecule has 7 heteroatoms. The Morgan fingerprint density at radius 2 is 1.75 bits per heavy atom. The second-order valence-electron chi connectivity index (χ2n) is 4.70. The third-order valence-electron chi connectivity index (χ3n) is 3.37. The highest BCUT2D eigenvalue weighted by Crippen LogP contribution is 2.21. The van der Waals surface area contributed by atoms with E-state index in [0.29, 0.717) is 26.2 Å². The van der Waals surface area contributed by atoms with Crippen LogP contribution in [0, 0.1) is 0 Å². The molecule has 0 aliphatic carbocycles. The summed E-state index contributed by atoms with van der Waals surface area (Å²) in [5.41, 5.74) is 0.0777. The lowest BCUT2D eigenvalue weighted by Crippen LogP contribution is -2.47. The number of hydrogen-bond acceptors (Lipinski definition) is 5. The van der Waals surface area contributed by atoms with Crippen LogP contribution < -0.4 is 0 Å². The fraction of sp³-hybridized carbons (Fsp3) is 0.462. The SMILES string of the molecule is COC(=O)c1ccccc1S(=O)(=O)N1CCN(C)CC1. The van der Waals surface area contributed by atoms with Gasteiger partial charge in [0.05, 0.1) is 17.6 Å². The molecule has 0 bridgehead atoms. The van der Waals surface area contributed by atoms with E-state index in [4.69, 9.17) is 0 Å². The van der Waals surface area contributed by atoms with Gasteiger partial charge in [-0.2, -0.15) is 4.31 Å². The summed E-state index contributed by atoms with van der Waals surface area (Å²) in [5.74, 6) is -0.640. The molecule has 1 fully saturated rings. The topological polar surface area (TPSA) is 66.9 Å². The van der Waals surface area contributed by atoms with E-state index in [1.807, 2.05) is 7.05 Å². The molecule has 1 aromatic rings. The molecule has 2 rings (SSSR count). The molecule has 1 aliphatic rings. The van der Waals surface area contributed by atoms with Crippen LogP contribution in [0.15, 0.2) is 29.2 Å². The summed E-state index contributed by atoms with van der Waals surface area (Å²) in [6, 6.07) is 6.14. The van der Waals surface area contributed by atoms with E-state index >= 15 is 0 Å². The van der Waals surface area contributed by atoms with Gasteiger partial charge in [-0.05, 0) is 19.2 Å². The first-order chi connectivity index (χ1) is 9.46. The monoisotopic (exact) mass is 298 g/mol.